The number of hydrogen-bond acceptors (Lipinski definition) is 8. The van der Waals surface area contributed by atoms with Crippen molar-refractivity contribution in [2.24, 2.45) is 5.73 Å². The molecule has 0 spiro atoms. The maximum Gasteiger partial charge on any atom is 0.347 e. The van der Waals surface area contributed by atoms with Crippen LogP contribution in [-0.2, 0) is 0 Å². The Morgan fingerprint density at radius 2 is 1.67 bits per heavy atom. The van der Waals surface area contributed by atoms with Crippen LogP contribution < -0.4 is 29.4 Å². The van der Waals surface area contributed by atoms with Crippen LogP contribution >= 0.6 is 0 Å². The van der Waals surface area contributed by atoms with Gasteiger partial charge >= 0.3 is 5.97 Å². The summed E-state index contributed by atoms with van der Waals surface area (Å²) in [5, 5.41) is 9.94. The molecule has 39 heavy (non-hydrogen) atoms. The van der Waals surface area contributed by atoms with Crippen molar-refractivity contribution < 1.29 is 28.5 Å². The second-order valence-corrected chi connectivity index (χ2v) is 8.85. The molecule has 4 rings (SSSR count). The average molecular weight is 529 g/mol. The third-order valence-corrected chi connectivity index (χ3v) is 6.03. The number of fused-ring (bicyclic) bond motifs is 1. The van der Waals surface area contributed by atoms with Crippen molar-refractivity contribution in [3.8, 4) is 34.8 Å². The number of ether oxygens (including phenoxy) is 5. The van der Waals surface area contributed by atoms with E-state index in [0.29, 0.717) is 53.9 Å². The second-order valence-electron chi connectivity index (χ2n) is 8.85. The van der Waals surface area contributed by atoms with Crippen LogP contribution in [0.1, 0.15) is 61.0 Å². The Bertz CT molecular complexity index is 1410. The van der Waals surface area contributed by atoms with Crippen LogP contribution in [0.2, 0.25) is 0 Å². The molecule has 8 nitrogen and oxygen atoms in total. The summed E-state index contributed by atoms with van der Waals surface area (Å²) in [5.74, 6) is 1.26. The zero-order valence-electron chi connectivity index (χ0n) is 22.4. The van der Waals surface area contributed by atoms with Crippen molar-refractivity contribution in [3.05, 3.63) is 88.8 Å². The predicted molar refractivity (Wildman–Crippen MR) is 146 cm³/mol. The Morgan fingerprint density at radius 1 is 0.923 bits per heavy atom. The summed E-state index contributed by atoms with van der Waals surface area (Å²) in [4.78, 5) is 13.0. The van der Waals surface area contributed by atoms with Crippen molar-refractivity contribution in [1.29, 1.82) is 5.26 Å². The van der Waals surface area contributed by atoms with Gasteiger partial charge in [-0.1, -0.05) is 38.1 Å². The van der Waals surface area contributed by atoms with E-state index < -0.39 is 11.9 Å². The summed E-state index contributed by atoms with van der Waals surface area (Å²) in [6.07, 6.45) is 1.68. The first-order valence-corrected chi connectivity index (χ1v) is 13.1. The Labute approximate surface area is 228 Å². The molecule has 0 saturated heterocycles. The van der Waals surface area contributed by atoms with Crippen LogP contribution in [0.25, 0.3) is 0 Å². The molecule has 1 heterocycles. The quantitative estimate of drug-likeness (QED) is 0.235. The van der Waals surface area contributed by atoms with Crippen LogP contribution in [0.4, 0.5) is 0 Å². The van der Waals surface area contributed by atoms with Crippen molar-refractivity contribution in [1.82, 2.24) is 0 Å². The molecule has 0 fully saturated rings. The summed E-state index contributed by atoms with van der Waals surface area (Å²) in [5.41, 5.74) is 8.28. The number of carbonyl (C=O) groups excluding carboxylic acids is 1. The topological polar surface area (TPSA) is 113 Å². The van der Waals surface area contributed by atoms with Gasteiger partial charge in [-0.3, -0.25) is 0 Å². The Morgan fingerprint density at radius 3 is 2.38 bits per heavy atom. The number of carbonyl (C=O) groups is 1. The lowest BCUT2D eigenvalue weighted by Gasteiger charge is -2.27. The number of benzene rings is 3. The van der Waals surface area contributed by atoms with Gasteiger partial charge in [0, 0.05) is 11.6 Å². The van der Waals surface area contributed by atoms with E-state index >= 15 is 0 Å². The van der Waals surface area contributed by atoms with Crippen molar-refractivity contribution >= 4 is 5.97 Å². The van der Waals surface area contributed by atoms with Crippen LogP contribution in [0.5, 0.6) is 28.7 Å². The zero-order valence-corrected chi connectivity index (χ0v) is 22.4. The molecule has 3 aromatic carbocycles. The molecule has 3 aromatic rings. The fourth-order valence-electron chi connectivity index (χ4n) is 4.28. The number of para-hydroxylation sites is 1. The fourth-order valence-corrected chi connectivity index (χ4v) is 4.28. The minimum absolute atomic E-state index is 0.0129. The van der Waals surface area contributed by atoms with Gasteiger partial charge in [0.25, 0.3) is 0 Å². The molecule has 2 N–H and O–H groups in total. The molecule has 0 aliphatic carbocycles. The lowest BCUT2D eigenvalue weighted by Crippen LogP contribution is -2.21. The maximum atomic E-state index is 13.0. The van der Waals surface area contributed by atoms with E-state index in [0.717, 1.165) is 18.4 Å². The van der Waals surface area contributed by atoms with Gasteiger partial charge in [-0.2, -0.15) is 5.26 Å². The van der Waals surface area contributed by atoms with Gasteiger partial charge in [0.15, 0.2) is 11.5 Å². The summed E-state index contributed by atoms with van der Waals surface area (Å²) in [6.45, 7) is 7.43. The van der Waals surface area contributed by atoms with Gasteiger partial charge in [-0.25, -0.2) is 4.79 Å². The van der Waals surface area contributed by atoms with E-state index in [1.54, 1.807) is 42.5 Å². The van der Waals surface area contributed by atoms with Crippen molar-refractivity contribution in [2.75, 3.05) is 19.8 Å². The highest BCUT2D eigenvalue weighted by atomic mass is 16.5. The third kappa shape index (κ3) is 6.10. The highest BCUT2D eigenvalue weighted by molar-refractivity contribution is 5.94. The summed E-state index contributed by atoms with van der Waals surface area (Å²) >= 11 is 0. The van der Waals surface area contributed by atoms with Crippen LogP contribution in [0.3, 0.4) is 0 Å². The van der Waals surface area contributed by atoms with Crippen LogP contribution in [0.15, 0.2) is 72.1 Å². The Balaban J connectivity index is 1.67. The van der Waals surface area contributed by atoms with E-state index in [4.69, 9.17) is 29.4 Å². The summed E-state index contributed by atoms with van der Waals surface area (Å²) < 4.78 is 28.8. The summed E-state index contributed by atoms with van der Waals surface area (Å²) in [7, 11) is 0. The standard InChI is InChI=1S/C31H32N2O6/c1-4-15-36-25-10-8-7-9-23(25)31(34)38-21-12-13-22-27(18-21)39-30(33)24(19-32)29(22)20-11-14-26(37-16-5-2)28(17-20)35-6-3/h7-14,17-18,29H,4-6,15-16,33H2,1-3H3. The van der Waals surface area contributed by atoms with Gasteiger partial charge in [-0.15, -0.1) is 0 Å². The smallest absolute Gasteiger partial charge is 0.347 e. The first-order valence-electron chi connectivity index (χ1n) is 13.1. The number of nitrogens with zero attached hydrogens (tertiary/aromatic N) is 1. The minimum atomic E-state index is -0.556. The molecule has 1 aliphatic heterocycles. The van der Waals surface area contributed by atoms with E-state index in [1.807, 2.05) is 39.0 Å². The molecule has 1 atom stereocenters. The monoisotopic (exact) mass is 528 g/mol. The number of hydrogen-bond donors (Lipinski definition) is 1. The van der Waals surface area contributed by atoms with E-state index in [9.17, 15) is 10.1 Å². The normalized spacial score (nSPS) is 14.1. The zero-order chi connectivity index (χ0) is 27.8. The van der Waals surface area contributed by atoms with Crippen LogP contribution in [-0.4, -0.2) is 25.8 Å². The molecule has 1 unspecified atom stereocenters. The van der Waals surface area contributed by atoms with Crippen molar-refractivity contribution in [3.63, 3.8) is 0 Å². The molecule has 8 heteroatoms. The molecule has 0 radical (unpaired) electrons. The molecule has 0 saturated carbocycles. The predicted octanol–water partition coefficient (Wildman–Crippen LogP) is 6.10. The molecule has 0 bridgehead atoms. The maximum absolute atomic E-state index is 13.0. The Kier molecular flexibility index (Phi) is 8.95. The fraction of sp³-hybridized carbons (Fsp3) is 0.290. The lowest BCUT2D eigenvalue weighted by atomic mass is 9.83. The molecular formula is C31H32N2O6. The van der Waals surface area contributed by atoms with Crippen molar-refractivity contribution in [2.45, 2.75) is 39.5 Å². The average Bonchev–Trinajstić information content (AvgIpc) is 2.94. The Hall–Kier alpha value is -4.64. The van der Waals surface area contributed by atoms with Gasteiger partial charge in [0.1, 0.15) is 34.5 Å². The number of rotatable bonds is 11. The minimum Gasteiger partial charge on any atom is -0.493 e. The summed E-state index contributed by atoms with van der Waals surface area (Å²) in [6, 6.07) is 19.8. The van der Waals surface area contributed by atoms with Gasteiger partial charge in [-0.05, 0) is 55.7 Å². The van der Waals surface area contributed by atoms with E-state index in [2.05, 4.69) is 6.07 Å². The van der Waals surface area contributed by atoms with E-state index in [1.165, 1.54) is 0 Å². The third-order valence-electron chi connectivity index (χ3n) is 6.03. The van der Waals surface area contributed by atoms with Gasteiger partial charge < -0.3 is 29.4 Å². The molecule has 0 aromatic heterocycles. The van der Waals surface area contributed by atoms with Crippen LogP contribution in [0, 0.1) is 11.3 Å². The van der Waals surface area contributed by atoms with Gasteiger partial charge in [0.2, 0.25) is 5.88 Å². The van der Waals surface area contributed by atoms with E-state index in [-0.39, 0.29) is 17.2 Å². The second kappa shape index (κ2) is 12.7. The SMILES string of the molecule is CCCOc1ccc(C2C(C#N)=C(N)Oc3cc(OC(=O)c4ccccc4OCCC)ccc32)cc1OCC. The number of allylic oxidation sites excluding steroid dienone is 1. The number of esters is 1. The highest BCUT2D eigenvalue weighted by Gasteiger charge is 2.32. The molecule has 1 aliphatic rings. The number of nitrogens with two attached hydrogens (primary N) is 1. The highest BCUT2D eigenvalue weighted by Crippen LogP contribution is 2.45. The first kappa shape index (κ1) is 27.4. The number of nitriles is 1. The van der Waals surface area contributed by atoms with Gasteiger partial charge in [0.05, 0.1) is 25.7 Å². The lowest BCUT2D eigenvalue weighted by molar-refractivity contribution is 0.0730. The molecule has 202 valence electrons. The largest absolute Gasteiger partial charge is 0.493 e. The molecule has 0 amide bonds. The first-order chi connectivity index (χ1) is 19.0. The molecular weight excluding hydrogens is 496 g/mol.